The molecular formula is C23H24N6O2S. The summed E-state index contributed by atoms with van der Waals surface area (Å²) in [4.78, 5) is 38.5. The monoisotopic (exact) mass is 448 g/mol. The van der Waals surface area contributed by atoms with Crippen LogP contribution in [0, 0.1) is 0 Å². The van der Waals surface area contributed by atoms with E-state index < -0.39 is 0 Å². The molecule has 1 saturated heterocycles. The predicted molar refractivity (Wildman–Crippen MR) is 126 cm³/mol. The van der Waals surface area contributed by atoms with Gasteiger partial charge in [-0.2, -0.15) is 0 Å². The van der Waals surface area contributed by atoms with Crippen LogP contribution in [0.4, 0.5) is 5.13 Å². The van der Waals surface area contributed by atoms with Gasteiger partial charge < -0.3 is 20.5 Å². The quantitative estimate of drug-likeness (QED) is 0.358. The molecule has 32 heavy (non-hydrogen) atoms. The maximum Gasteiger partial charge on any atom is 0.251 e. The zero-order valence-corrected chi connectivity index (χ0v) is 18.4. The van der Waals surface area contributed by atoms with Gasteiger partial charge in [0.2, 0.25) is 5.91 Å². The normalized spacial score (nSPS) is 13.9. The first kappa shape index (κ1) is 20.4. The number of thiazole rings is 1. The van der Waals surface area contributed by atoms with E-state index in [-0.39, 0.29) is 11.8 Å². The Balaban J connectivity index is 1.16. The van der Waals surface area contributed by atoms with Crippen LogP contribution >= 0.6 is 11.3 Å². The number of aromatic amines is 1. The van der Waals surface area contributed by atoms with Gasteiger partial charge in [0.25, 0.3) is 5.91 Å². The third kappa shape index (κ3) is 4.43. The number of fused-ring (bicyclic) bond motifs is 2. The first-order chi connectivity index (χ1) is 15.7. The van der Waals surface area contributed by atoms with Gasteiger partial charge in [-0.1, -0.05) is 23.5 Å². The average molecular weight is 449 g/mol. The van der Waals surface area contributed by atoms with Gasteiger partial charge in [0, 0.05) is 31.6 Å². The van der Waals surface area contributed by atoms with Gasteiger partial charge in [0.15, 0.2) is 5.13 Å². The number of imidazole rings is 1. The fraction of sp³-hybridized carbons (Fsp3) is 0.304. The van der Waals surface area contributed by atoms with Gasteiger partial charge in [-0.25, -0.2) is 9.97 Å². The Morgan fingerprint density at radius 1 is 1.16 bits per heavy atom. The Morgan fingerprint density at radius 3 is 2.91 bits per heavy atom. The van der Waals surface area contributed by atoms with Crippen molar-refractivity contribution in [1.82, 2.24) is 25.2 Å². The smallest absolute Gasteiger partial charge is 0.251 e. The van der Waals surface area contributed by atoms with E-state index in [1.54, 1.807) is 6.07 Å². The van der Waals surface area contributed by atoms with Crippen molar-refractivity contribution in [2.75, 3.05) is 25.0 Å². The lowest BCUT2D eigenvalue weighted by Gasteiger charge is -2.14. The summed E-state index contributed by atoms with van der Waals surface area (Å²) in [5, 5.41) is 7.09. The number of aromatic nitrogens is 3. The van der Waals surface area contributed by atoms with Crippen molar-refractivity contribution >= 4 is 49.5 Å². The SMILES string of the molecule is O=C(NCc1nc2ccccc2[nH]1)c1ccc2nc(NCCCN3CCCC3=O)sc2c1. The van der Waals surface area contributed by atoms with Crippen molar-refractivity contribution in [2.45, 2.75) is 25.8 Å². The van der Waals surface area contributed by atoms with Crippen LogP contribution in [-0.2, 0) is 11.3 Å². The molecule has 2 aromatic heterocycles. The van der Waals surface area contributed by atoms with E-state index in [1.165, 1.54) is 11.3 Å². The Labute approximate surface area is 189 Å². The van der Waals surface area contributed by atoms with E-state index in [0.29, 0.717) is 18.5 Å². The number of carbonyl (C=O) groups is 2. The molecule has 2 aromatic carbocycles. The number of nitrogens with zero attached hydrogens (tertiary/aromatic N) is 3. The molecule has 1 aliphatic rings. The molecule has 3 heterocycles. The molecule has 1 fully saturated rings. The van der Waals surface area contributed by atoms with Gasteiger partial charge >= 0.3 is 0 Å². The minimum Gasteiger partial charge on any atom is -0.361 e. The van der Waals surface area contributed by atoms with Crippen LogP contribution in [0.25, 0.3) is 21.3 Å². The highest BCUT2D eigenvalue weighted by molar-refractivity contribution is 7.22. The average Bonchev–Trinajstić information content (AvgIpc) is 3.52. The molecule has 0 atom stereocenters. The van der Waals surface area contributed by atoms with Crippen molar-refractivity contribution in [2.24, 2.45) is 0 Å². The number of amides is 2. The molecule has 0 radical (unpaired) electrons. The molecule has 1 aliphatic heterocycles. The second-order valence-corrected chi connectivity index (χ2v) is 8.88. The van der Waals surface area contributed by atoms with Crippen LogP contribution in [0.5, 0.6) is 0 Å². The first-order valence-corrected chi connectivity index (χ1v) is 11.6. The molecule has 0 unspecified atom stereocenters. The molecule has 0 aliphatic carbocycles. The summed E-state index contributed by atoms with van der Waals surface area (Å²) in [5.74, 6) is 0.835. The molecule has 0 saturated carbocycles. The van der Waals surface area contributed by atoms with Crippen LogP contribution < -0.4 is 10.6 Å². The largest absolute Gasteiger partial charge is 0.361 e. The number of carbonyl (C=O) groups excluding carboxylic acids is 2. The number of likely N-dealkylation sites (tertiary alicyclic amines) is 1. The topological polar surface area (TPSA) is 103 Å². The third-order valence-electron chi connectivity index (χ3n) is 5.56. The molecule has 164 valence electrons. The number of nitrogens with one attached hydrogen (secondary N) is 3. The van der Waals surface area contributed by atoms with Crippen LogP contribution in [-0.4, -0.2) is 51.3 Å². The van der Waals surface area contributed by atoms with Crippen LogP contribution in [0.15, 0.2) is 42.5 Å². The molecule has 2 amide bonds. The lowest BCUT2D eigenvalue weighted by atomic mass is 10.2. The number of rotatable bonds is 8. The first-order valence-electron chi connectivity index (χ1n) is 10.8. The van der Waals surface area contributed by atoms with Gasteiger partial charge in [-0.15, -0.1) is 0 Å². The van der Waals surface area contributed by atoms with E-state index in [0.717, 1.165) is 64.7 Å². The predicted octanol–water partition coefficient (Wildman–Crippen LogP) is 3.53. The Bertz CT molecular complexity index is 1250. The maximum absolute atomic E-state index is 12.6. The minimum absolute atomic E-state index is 0.148. The van der Waals surface area contributed by atoms with E-state index >= 15 is 0 Å². The summed E-state index contributed by atoms with van der Waals surface area (Å²) in [5.41, 5.74) is 3.29. The maximum atomic E-state index is 12.6. The van der Waals surface area contributed by atoms with Crippen molar-refractivity contribution < 1.29 is 9.59 Å². The van der Waals surface area contributed by atoms with Gasteiger partial charge in [0.05, 0.1) is 27.8 Å². The number of para-hydroxylation sites is 2. The number of benzene rings is 2. The van der Waals surface area contributed by atoms with Crippen LogP contribution in [0.3, 0.4) is 0 Å². The van der Waals surface area contributed by atoms with E-state index in [9.17, 15) is 9.59 Å². The molecule has 0 bridgehead atoms. The molecular weight excluding hydrogens is 424 g/mol. The fourth-order valence-electron chi connectivity index (χ4n) is 3.90. The van der Waals surface area contributed by atoms with Gasteiger partial charge in [-0.05, 0) is 43.2 Å². The highest BCUT2D eigenvalue weighted by Crippen LogP contribution is 2.27. The number of anilines is 1. The second kappa shape index (κ2) is 8.96. The highest BCUT2D eigenvalue weighted by Gasteiger charge is 2.19. The van der Waals surface area contributed by atoms with Crippen molar-refractivity contribution in [3.63, 3.8) is 0 Å². The van der Waals surface area contributed by atoms with Crippen molar-refractivity contribution in [3.8, 4) is 0 Å². The summed E-state index contributed by atoms with van der Waals surface area (Å²) >= 11 is 1.53. The van der Waals surface area contributed by atoms with Gasteiger partial charge in [-0.3, -0.25) is 9.59 Å². The molecule has 4 aromatic rings. The zero-order chi connectivity index (χ0) is 21.9. The number of hydrogen-bond donors (Lipinski definition) is 3. The van der Waals surface area contributed by atoms with Crippen LogP contribution in [0.2, 0.25) is 0 Å². The summed E-state index contributed by atoms with van der Waals surface area (Å²) in [6.07, 6.45) is 2.54. The summed E-state index contributed by atoms with van der Waals surface area (Å²) < 4.78 is 0.957. The third-order valence-corrected chi connectivity index (χ3v) is 6.53. The molecule has 0 spiro atoms. The Kier molecular flexibility index (Phi) is 5.72. The highest BCUT2D eigenvalue weighted by atomic mass is 32.1. The molecule has 5 rings (SSSR count). The molecule has 9 heteroatoms. The minimum atomic E-state index is -0.148. The van der Waals surface area contributed by atoms with E-state index in [1.807, 2.05) is 41.3 Å². The number of H-pyrrole nitrogens is 1. The Morgan fingerprint density at radius 2 is 2.06 bits per heavy atom. The summed E-state index contributed by atoms with van der Waals surface area (Å²) in [6.45, 7) is 2.75. The lowest BCUT2D eigenvalue weighted by molar-refractivity contribution is -0.127. The summed E-state index contributed by atoms with van der Waals surface area (Å²) in [7, 11) is 0. The second-order valence-electron chi connectivity index (χ2n) is 7.85. The summed E-state index contributed by atoms with van der Waals surface area (Å²) in [6, 6.07) is 13.3. The standard InChI is InChI=1S/C23H24N6O2S/c30-21-7-3-11-29(21)12-4-10-24-23-28-18-9-8-15(13-19(18)32-23)22(31)25-14-20-26-16-5-1-2-6-17(16)27-20/h1-2,5-6,8-9,13H,3-4,7,10-12,14H2,(H,24,28)(H,25,31)(H,26,27). The van der Waals surface area contributed by atoms with Crippen molar-refractivity contribution in [3.05, 3.63) is 53.9 Å². The van der Waals surface area contributed by atoms with E-state index in [4.69, 9.17) is 0 Å². The van der Waals surface area contributed by atoms with E-state index in [2.05, 4.69) is 25.6 Å². The van der Waals surface area contributed by atoms with Crippen molar-refractivity contribution in [1.29, 1.82) is 0 Å². The molecule has 3 N–H and O–H groups in total. The number of hydrogen-bond acceptors (Lipinski definition) is 6. The molecule has 8 nitrogen and oxygen atoms in total. The Hall–Kier alpha value is -3.46. The van der Waals surface area contributed by atoms with Crippen LogP contribution in [0.1, 0.15) is 35.4 Å². The van der Waals surface area contributed by atoms with Gasteiger partial charge in [0.1, 0.15) is 5.82 Å². The lowest BCUT2D eigenvalue weighted by Crippen LogP contribution is -2.26. The fourth-order valence-corrected chi connectivity index (χ4v) is 4.83. The zero-order valence-electron chi connectivity index (χ0n) is 17.6.